The highest BCUT2D eigenvalue weighted by Crippen LogP contribution is 2.26. The molecular weight excluding hydrogens is 423 g/mol. The fraction of sp³-hybridized carbons (Fsp3) is 0.571. The smallest absolute Gasteiger partial charge is 0.158 e. The minimum Gasteiger partial charge on any atom is -0.391 e. The molecule has 3 aromatic rings. The molecule has 3 N–H and O–H groups in total. The first-order valence-corrected chi connectivity index (χ1v) is 10.2. The molecule has 9 heteroatoms. The molecule has 0 saturated carbocycles. The van der Waals surface area contributed by atoms with Crippen LogP contribution in [0.1, 0.15) is 45.8 Å². The normalized spacial score (nSPS) is 12.1. The van der Waals surface area contributed by atoms with E-state index in [1.54, 1.807) is 11.6 Å². The lowest BCUT2D eigenvalue weighted by Crippen LogP contribution is -2.14. The van der Waals surface area contributed by atoms with Crippen LogP contribution in [0.4, 0.5) is 0 Å². The van der Waals surface area contributed by atoms with Crippen molar-refractivity contribution in [2.75, 3.05) is 6.54 Å². The molecule has 0 amide bonds. The molecule has 168 valence electrons. The van der Waals surface area contributed by atoms with Gasteiger partial charge in [0, 0.05) is 24.9 Å². The van der Waals surface area contributed by atoms with Gasteiger partial charge in [-0.2, -0.15) is 5.10 Å². The number of benzene rings is 1. The summed E-state index contributed by atoms with van der Waals surface area (Å²) in [6.45, 7) is 10.2. The summed E-state index contributed by atoms with van der Waals surface area (Å²) >= 11 is 0. The van der Waals surface area contributed by atoms with Crippen molar-refractivity contribution in [3.63, 3.8) is 0 Å². The summed E-state index contributed by atoms with van der Waals surface area (Å²) in [6, 6.07) is 6.24. The summed E-state index contributed by atoms with van der Waals surface area (Å²) in [7, 11) is 0. The van der Waals surface area contributed by atoms with Crippen molar-refractivity contribution in [1.29, 1.82) is 0 Å². The fourth-order valence-electron chi connectivity index (χ4n) is 3.46. The van der Waals surface area contributed by atoms with Crippen LogP contribution in [0.25, 0.3) is 22.4 Å². The van der Waals surface area contributed by atoms with E-state index in [2.05, 4.69) is 35.6 Å². The molecule has 0 saturated heterocycles. The Balaban J connectivity index is 0.00000225. The van der Waals surface area contributed by atoms with Crippen molar-refractivity contribution >= 4 is 35.8 Å². The fourth-order valence-corrected chi connectivity index (χ4v) is 3.46. The van der Waals surface area contributed by atoms with Crippen LogP contribution in [0.2, 0.25) is 0 Å². The average Bonchev–Trinajstić information content (AvgIpc) is 3.19. The molecule has 0 fully saturated rings. The van der Waals surface area contributed by atoms with Gasteiger partial charge in [0.15, 0.2) is 11.6 Å². The minimum atomic E-state index is -0.485. The Morgan fingerprint density at radius 1 is 1.13 bits per heavy atom. The molecule has 2 heterocycles. The number of nitrogens with zero attached hydrogens (tertiary/aromatic N) is 5. The standard InChI is InChI=1S/C21H32N6O.2ClH/c1-5-19-24-21(27(25-19)13-15(4)28)16-7-8-17-18(12-16)26(10-6-9-22)20(23-17)11-14(2)3;;/h7-8,12,14-15,28H,5-6,9-11,13,22H2,1-4H3;2*1H. The maximum Gasteiger partial charge on any atom is 0.158 e. The van der Waals surface area contributed by atoms with Gasteiger partial charge in [-0.1, -0.05) is 20.8 Å². The Bertz CT molecular complexity index is 935. The van der Waals surface area contributed by atoms with Crippen molar-refractivity contribution in [2.24, 2.45) is 11.7 Å². The summed E-state index contributed by atoms with van der Waals surface area (Å²) in [5.41, 5.74) is 8.85. The maximum atomic E-state index is 9.84. The molecule has 0 radical (unpaired) electrons. The molecule has 30 heavy (non-hydrogen) atoms. The molecule has 1 atom stereocenters. The molecule has 1 aromatic carbocycles. The number of aryl methyl sites for hydroxylation is 2. The second kappa shape index (κ2) is 11.6. The Kier molecular flexibility index (Phi) is 10.2. The molecule has 0 aliphatic heterocycles. The lowest BCUT2D eigenvalue weighted by atomic mass is 10.1. The molecule has 0 bridgehead atoms. The van der Waals surface area contributed by atoms with Crippen molar-refractivity contribution in [3.8, 4) is 11.4 Å². The van der Waals surface area contributed by atoms with E-state index in [0.717, 1.165) is 59.9 Å². The zero-order chi connectivity index (χ0) is 20.3. The molecule has 0 aliphatic rings. The first-order chi connectivity index (χ1) is 13.4. The van der Waals surface area contributed by atoms with Crippen LogP contribution >= 0.6 is 24.8 Å². The van der Waals surface area contributed by atoms with Gasteiger partial charge in [0.1, 0.15) is 5.82 Å². The number of aromatic nitrogens is 5. The highest BCUT2D eigenvalue weighted by atomic mass is 35.5. The number of halogens is 2. The summed E-state index contributed by atoms with van der Waals surface area (Å²) < 4.78 is 4.10. The van der Waals surface area contributed by atoms with Gasteiger partial charge in [-0.05, 0) is 44.0 Å². The minimum absolute atomic E-state index is 0. The van der Waals surface area contributed by atoms with E-state index in [1.807, 2.05) is 13.0 Å². The maximum absolute atomic E-state index is 9.84. The average molecular weight is 457 g/mol. The number of aliphatic hydroxyl groups is 1. The zero-order valence-electron chi connectivity index (χ0n) is 18.2. The van der Waals surface area contributed by atoms with Crippen LogP contribution in [-0.2, 0) is 25.9 Å². The van der Waals surface area contributed by atoms with Crippen molar-refractivity contribution in [3.05, 3.63) is 29.8 Å². The number of imidazole rings is 1. The second-order valence-electron chi connectivity index (χ2n) is 7.86. The van der Waals surface area contributed by atoms with Gasteiger partial charge in [-0.15, -0.1) is 24.8 Å². The SMILES string of the molecule is CCc1nc(-c2ccc3nc(CC(C)C)n(CCCN)c3c2)n(CC(C)O)n1.Cl.Cl. The predicted octanol–water partition coefficient (Wildman–Crippen LogP) is 3.63. The summed E-state index contributed by atoms with van der Waals surface area (Å²) in [6.07, 6.45) is 2.13. The highest BCUT2D eigenvalue weighted by Gasteiger charge is 2.17. The number of fused-ring (bicyclic) bond motifs is 1. The number of hydrogen-bond donors (Lipinski definition) is 2. The lowest BCUT2D eigenvalue weighted by molar-refractivity contribution is 0.169. The van der Waals surface area contributed by atoms with Gasteiger partial charge in [-0.3, -0.25) is 0 Å². The van der Waals surface area contributed by atoms with E-state index in [-0.39, 0.29) is 24.8 Å². The number of nitrogens with two attached hydrogens (primary N) is 1. The van der Waals surface area contributed by atoms with Crippen molar-refractivity contribution in [1.82, 2.24) is 24.3 Å². The topological polar surface area (TPSA) is 94.8 Å². The Morgan fingerprint density at radius 2 is 1.87 bits per heavy atom. The molecular formula is C21H34Cl2N6O. The van der Waals surface area contributed by atoms with Gasteiger partial charge in [0.2, 0.25) is 0 Å². The van der Waals surface area contributed by atoms with Gasteiger partial charge >= 0.3 is 0 Å². The van der Waals surface area contributed by atoms with E-state index < -0.39 is 6.10 Å². The van der Waals surface area contributed by atoms with Crippen LogP contribution in [0.15, 0.2) is 18.2 Å². The third-order valence-corrected chi connectivity index (χ3v) is 4.73. The van der Waals surface area contributed by atoms with E-state index >= 15 is 0 Å². The van der Waals surface area contributed by atoms with E-state index in [0.29, 0.717) is 19.0 Å². The lowest BCUT2D eigenvalue weighted by Gasteiger charge is -2.11. The van der Waals surface area contributed by atoms with Crippen molar-refractivity contribution in [2.45, 2.75) is 66.2 Å². The second-order valence-corrected chi connectivity index (χ2v) is 7.86. The molecule has 0 spiro atoms. The van der Waals surface area contributed by atoms with Crippen LogP contribution in [0.3, 0.4) is 0 Å². The predicted molar refractivity (Wildman–Crippen MR) is 127 cm³/mol. The largest absolute Gasteiger partial charge is 0.391 e. The molecule has 0 aliphatic carbocycles. The van der Waals surface area contributed by atoms with E-state index in [1.165, 1.54) is 0 Å². The van der Waals surface area contributed by atoms with Gasteiger partial charge in [0.25, 0.3) is 0 Å². The number of aliphatic hydroxyl groups excluding tert-OH is 1. The Hall–Kier alpha value is -1.67. The van der Waals surface area contributed by atoms with Gasteiger partial charge < -0.3 is 15.4 Å². The number of rotatable bonds is 9. The number of hydrogen-bond acceptors (Lipinski definition) is 5. The summed E-state index contributed by atoms with van der Waals surface area (Å²) in [5, 5.41) is 14.4. The third-order valence-electron chi connectivity index (χ3n) is 4.73. The molecule has 3 rings (SSSR count). The van der Waals surface area contributed by atoms with E-state index in [4.69, 9.17) is 15.7 Å². The van der Waals surface area contributed by atoms with Gasteiger partial charge in [-0.25, -0.2) is 14.6 Å². The van der Waals surface area contributed by atoms with Crippen LogP contribution < -0.4 is 5.73 Å². The molecule has 1 unspecified atom stereocenters. The Labute approximate surface area is 190 Å². The first-order valence-electron chi connectivity index (χ1n) is 10.2. The van der Waals surface area contributed by atoms with E-state index in [9.17, 15) is 5.11 Å². The monoisotopic (exact) mass is 456 g/mol. The first kappa shape index (κ1) is 26.4. The van der Waals surface area contributed by atoms with Crippen LogP contribution in [0.5, 0.6) is 0 Å². The summed E-state index contributed by atoms with van der Waals surface area (Å²) in [4.78, 5) is 9.57. The highest BCUT2D eigenvalue weighted by molar-refractivity contribution is 5.85. The van der Waals surface area contributed by atoms with Crippen LogP contribution in [0, 0.1) is 5.92 Å². The van der Waals surface area contributed by atoms with Crippen LogP contribution in [-0.4, -0.2) is 42.1 Å². The molecule has 2 aromatic heterocycles. The van der Waals surface area contributed by atoms with Gasteiger partial charge in [0.05, 0.1) is 23.7 Å². The third kappa shape index (κ3) is 5.94. The molecule has 7 nitrogen and oxygen atoms in total. The quantitative estimate of drug-likeness (QED) is 0.512. The van der Waals surface area contributed by atoms with Crippen molar-refractivity contribution < 1.29 is 5.11 Å². The summed E-state index contributed by atoms with van der Waals surface area (Å²) in [5.74, 6) is 3.22. The Morgan fingerprint density at radius 3 is 2.47 bits per heavy atom. The zero-order valence-corrected chi connectivity index (χ0v) is 19.8.